The Morgan fingerprint density at radius 1 is 1.35 bits per heavy atom. The average molecular weight is 299 g/mol. The van der Waals surface area contributed by atoms with Gasteiger partial charge in [0.1, 0.15) is 5.82 Å². The monoisotopic (exact) mass is 298 g/mol. The molecule has 1 saturated carbocycles. The molecule has 20 heavy (non-hydrogen) atoms. The lowest BCUT2D eigenvalue weighted by atomic mass is 9.86. The van der Waals surface area contributed by atoms with Crippen molar-refractivity contribution in [3.63, 3.8) is 0 Å². The highest BCUT2D eigenvalue weighted by atomic mass is 35.5. The van der Waals surface area contributed by atoms with Gasteiger partial charge in [-0.3, -0.25) is 4.90 Å². The van der Waals surface area contributed by atoms with Crippen LogP contribution in [-0.2, 0) is 0 Å². The van der Waals surface area contributed by atoms with Crippen LogP contribution in [-0.4, -0.2) is 24.5 Å². The molecule has 1 atom stereocenters. The fourth-order valence-electron chi connectivity index (χ4n) is 3.19. The smallest absolute Gasteiger partial charge is 0.124 e. The van der Waals surface area contributed by atoms with Crippen LogP contribution in [0.2, 0.25) is 5.02 Å². The van der Waals surface area contributed by atoms with Gasteiger partial charge in [-0.05, 0) is 56.3 Å². The number of nitrogens with two attached hydrogens (primary N) is 1. The first kappa shape index (κ1) is 15.7. The molecular weight excluding hydrogens is 275 g/mol. The summed E-state index contributed by atoms with van der Waals surface area (Å²) < 4.78 is 13.2. The minimum Gasteiger partial charge on any atom is -0.329 e. The second-order valence-electron chi connectivity index (χ2n) is 6.00. The quantitative estimate of drug-likeness (QED) is 0.911. The van der Waals surface area contributed by atoms with Gasteiger partial charge in [-0.15, -0.1) is 0 Å². The van der Waals surface area contributed by atoms with Gasteiger partial charge >= 0.3 is 0 Å². The predicted octanol–water partition coefficient (Wildman–Crippen LogP) is 3.99. The number of hydrogen-bond donors (Lipinski definition) is 1. The van der Waals surface area contributed by atoms with Crippen LogP contribution in [0.15, 0.2) is 18.2 Å². The number of rotatable bonds is 4. The predicted molar refractivity (Wildman–Crippen MR) is 82.4 cm³/mol. The van der Waals surface area contributed by atoms with Crippen molar-refractivity contribution in [3.05, 3.63) is 34.6 Å². The molecule has 4 heteroatoms. The van der Waals surface area contributed by atoms with Gasteiger partial charge in [-0.25, -0.2) is 4.39 Å². The molecule has 1 unspecified atom stereocenters. The summed E-state index contributed by atoms with van der Waals surface area (Å²) in [6.07, 6.45) is 4.94. The number of hydrogen-bond acceptors (Lipinski definition) is 2. The summed E-state index contributed by atoms with van der Waals surface area (Å²) in [5, 5.41) is 0.469. The van der Waals surface area contributed by atoms with Crippen molar-refractivity contribution in [1.29, 1.82) is 0 Å². The Labute approximate surface area is 126 Å². The van der Waals surface area contributed by atoms with E-state index in [1.165, 1.54) is 37.8 Å². The van der Waals surface area contributed by atoms with E-state index in [1.807, 2.05) is 0 Å². The first-order chi connectivity index (χ1) is 9.52. The molecule has 0 bridgehead atoms. The van der Waals surface area contributed by atoms with E-state index in [9.17, 15) is 4.39 Å². The lowest BCUT2D eigenvalue weighted by Gasteiger charge is -2.38. The molecule has 112 valence electrons. The number of likely N-dealkylation sites (N-methyl/N-ethyl adjacent to an activating group) is 1. The van der Waals surface area contributed by atoms with Crippen LogP contribution >= 0.6 is 11.6 Å². The molecule has 0 aromatic heterocycles. The molecule has 2 nitrogen and oxygen atoms in total. The summed E-state index contributed by atoms with van der Waals surface area (Å²) in [4.78, 5) is 2.32. The van der Waals surface area contributed by atoms with Crippen LogP contribution in [0, 0.1) is 11.7 Å². The Morgan fingerprint density at radius 3 is 2.55 bits per heavy atom. The van der Waals surface area contributed by atoms with Gasteiger partial charge < -0.3 is 5.73 Å². The third-order valence-corrected chi connectivity index (χ3v) is 4.93. The number of halogens is 2. The third kappa shape index (κ3) is 3.51. The summed E-state index contributed by atoms with van der Waals surface area (Å²) in [6, 6.07) is 5.19. The molecule has 0 spiro atoms. The van der Waals surface area contributed by atoms with Crippen molar-refractivity contribution in [2.24, 2.45) is 11.7 Å². The molecule has 1 aliphatic carbocycles. The Bertz CT molecular complexity index is 444. The van der Waals surface area contributed by atoms with E-state index in [2.05, 4.69) is 18.9 Å². The Balaban J connectivity index is 2.14. The minimum atomic E-state index is -0.302. The number of benzene rings is 1. The van der Waals surface area contributed by atoms with Crippen LogP contribution in [0.3, 0.4) is 0 Å². The molecular formula is C16H24ClFN2. The lowest BCUT2D eigenvalue weighted by Crippen LogP contribution is -2.40. The maximum absolute atomic E-state index is 13.2. The molecule has 0 saturated heterocycles. The largest absolute Gasteiger partial charge is 0.329 e. The van der Waals surface area contributed by atoms with Crippen molar-refractivity contribution in [3.8, 4) is 0 Å². The minimum absolute atomic E-state index is 0.0570. The second-order valence-corrected chi connectivity index (χ2v) is 6.40. The maximum Gasteiger partial charge on any atom is 0.124 e. The van der Waals surface area contributed by atoms with Gasteiger partial charge in [0.25, 0.3) is 0 Å². The van der Waals surface area contributed by atoms with Crippen molar-refractivity contribution in [2.75, 3.05) is 13.6 Å². The van der Waals surface area contributed by atoms with Crippen LogP contribution in [0.25, 0.3) is 0 Å². The van der Waals surface area contributed by atoms with Crippen LogP contribution in [0.5, 0.6) is 0 Å². The van der Waals surface area contributed by atoms with Crippen LogP contribution in [0.1, 0.15) is 44.2 Å². The van der Waals surface area contributed by atoms with Gasteiger partial charge in [-0.1, -0.05) is 24.6 Å². The van der Waals surface area contributed by atoms with Crippen molar-refractivity contribution in [2.45, 2.75) is 44.7 Å². The molecule has 2 N–H and O–H groups in total. The standard InChI is InChI=1S/C16H24ClFN2/c1-11-3-6-13(7-4-11)20(2)16(10-19)14-8-5-12(18)9-15(14)17/h5,8-9,11,13,16H,3-4,6-7,10,19H2,1-2H3. The highest BCUT2D eigenvalue weighted by Gasteiger charge is 2.27. The topological polar surface area (TPSA) is 29.3 Å². The molecule has 1 aliphatic rings. The Morgan fingerprint density at radius 2 is 2.00 bits per heavy atom. The van der Waals surface area contributed by atoms with E-state index in [1.54, 1.807) is 6.07 Å². The highest BCUT2D eigenvalue weighted by Crippen LogP contribution is 2.33. The molecule has 0 aliphatic heterocycles. The summed E-state index contributed by atoms with van der Waals surface area (Å²) in [5.74, 6) is 0.522. The van der Waals surface area contributed by atoms with E-state index in [4.69, 9.17) is 17.3 Å². The fraction of sp³-hybridized carbons (Fsp3) is 0.625. The first-order valence-electron chi connectivity index (χ1n) is 7.40. The van der Waals surface area contributed by atoms with Gasteiger partial charge in [-0.2, -0.15) is 0 Å². The highest BCUT2D eigenvalue weighted by molar-refractivity contribution is 6.31. The molecule has 0 radical (unpaired) electrons. The van der Waals surface area contributed by atoms with E-state index < -0.39 is 0 Å². The molecule has 1 aromatic carbocycles. The zero-order chi connectivity index (χ0) is 14.7. The normalized spacial score (nSPS) is 24.9. The van der Waals surface area contributed by atoms with Gasteiger partial charge in [0, 0.05) is 23.7 Å². The van der Waals surface area contributed by atoms with E-state index in [0.717, 1.165) is 11.5 Å². The molecule has 0 heterocycles. The molecule has 0 amide bonds. The lowest BCUT2D eigenvalue weighted by molar-refractivity contribution is 0.126. The summed E-state index contributed by atoms with van der Waals surface area (Å²) in [7, 11) is 2.11. The number of nitrogens with zero attached hydrogens (tertiary/aromatic N) is 1. The zero-order valence-corrected chi connectivity index (χ0v) is 13.0. The van der Waals surface area contributed by atoms with Crippen molar-refractivity contribution in [1.82, 2.24) is 4.90 Å². The van der Waals surface area contributed by atoms with Crippen LogP contribution in [0.4, 0.5) is 4.39 Å². The summed E-state index contributed by atoms with van der Waals surface area (Å²) in [5.41, 5.74) is 6.88. The third-order valence-electron chi connectivity index (χ3n) is 4.60. The average Bonchev–Trinajstić information content (AvgIpc) is 2.42. The van der Waals surface area contributed by atoms with Crippen LogP contribution < -0.4 is 5.73 Å². The molecule has 1 fully saturated rings. The van der Waals surface area contributed by atoms with E-state index in [-0.39, 0.29) is 11.9 Å². The van der Waals surface area contributed by atoms with E-state index in [0.29, 0.717) is 17.6 Å². The first-order valence-corrected chi connectivity index (χ1v) is 7.77. The molecule has 2 rings (SSSR count). The van der Waals surface area contributed by atoms with Crippen molar-refractivity contribution < 1.29 is 4.39 Å². The van der Waals surface area contributed by atoms with Gasteiger partial charge in [0.2, 0.25) is 0 Å². The van der Waals surface area contributed by atoms with Gasteiger partial charge in [0.15, 0.2) is 0 Å². The second kappa shape index (κ2) is 6.88. The van der Waals surface area contributed by atoms with Gasteiger partial charge in [0.05, 0.1) is 0 Å². The zero-order valence-electron chi connectivity index (χ0n) is 12.3. The Kier molecular flexibility index (Phi) is 5.42. The fourth-order valence-corrected chi connectivity index (χ4v) is 3.48. The Hall–Kier alpha value is -0.640. The van der Waals surface area contributed by atoms with E-state index >= 15 is 0 Å². The van der Waals surface area contributed by atoms with Crippen molar-refractivity contribution >= 4 is 11.6 Å². The SMILES string of the molecule is CC1CCC(N(C)C(CN)c2ccc(F)cc2Cl)CC1. The maximum atomic E-state index is 13.2. The summed E-state index contributed by atoms with van der Waals surface area (Å²) >= 11 is 6.19. The molecule has 1 aromatic rings. The summed E-state index contributed by atoms with van der Waals surface area (Å²) in [6.45, 7) is 2.81.